The topological polar surface area (TPSA) is 41.6 Å². The van der Waals surface area contributed by atoms with E-state index in [0.29, 0.717) is 6.54 Å². The van der Waals surface area contributed by atoms with Crippen LogP contribution in [-0.2, 0) is 9.53 Å². The molecule has 7 heteroatoms. The van der Waals surface area contributed by atoms with Crippen molar-refractivity contribution in [1.82, 2.24) is 10.2 Å². The van der Waals surface area contributed by atoms with Crippen molar-refractivity contribution in [2.75, 3.05) is 20.1 Å². The molecule has 0 bridgehead atoms. The lowest BCUT2D eigenvalue weighted by atomic mass is 10.1. The Balaban J connectivity index is 2.74. The molecular weight excluding hydrogens is 225 g/mol. The Labute approximate surface area is 91.7 Å². The first kappa shape index (κ1) is 13.2. The van der Waals surface area contributed by atoms with E-state index in [-0.39, 0.29) is 12.6 Å². The lowest BCUT2D eigenvalue weighted by molar-refractivity contribution is -0.231. The smallest absolute Gasteiger partial charge is 0.436 e. The van der Waals surface area contributed by atoms with Crippen LogP contribution >= 0.6 is 0 Å². The van der Waals surface area contributed by atoms with Gasteiger partial charge in [0.1, 0.15) is 0 Å². The van der Waals surface area contributed by atoms with Crippen LogP contribution in [-0.4, -0.2) is 48.9 Å². The zero-order valence-corrected chi connectivity index (χ0v) is 9.39. The van der Waals surface area contributed by atoms with E-state index in [4.69, 9.17) is 0 Å². The minimum Gasteiger partial charge on any atom is -0.436 e. The number of nitrogens with zero attached hydrogens (tertiary/aromatic N) is 1. The average molecular weight is 240 g/mol. The van der Waals surface area contributed by atoms with Crippen molar-refractivity contribution >= 4 is 5.97 Å². The van der Waals surface area contributed by atoms with Crippen molar-refractivity contribution in [1.29, 1.82) is 0 Å². The molecule has 1 rings (SSSR count). The number of carbonyl (C=O) groups excluding carboxylic acids is 1. The number of piperazine rings is 1. The van der Waals surface area contributed by atoms with Crippen LogP contribution in [0.15, 0.2) is 0 Å². The predicted octanol–water partition coefficient (Wildman–Crippen LogP) is 0.732. The summed E-state index contributed by atoms with van der Waals surface area (Å²) in [6.07, 6.45) is -4.95. The van der Waals surface area contributed by atoms with E-state index < -0.39 is 17.9 Å². The third-order valence-electron chi connectivity index (χ3n) is 2.84. The maximum absolute atomic E-state index is 12.1. The number of rotatable bonds is 1. The van der Waals surface area contributed by atoms with Crippen LogP contribution in [0.4, 0.5) is 13.2 Å². The molecule has 0 aromatic rings. The number of alkyl halides is 3. The minimum absolute atomic E-state index is 0.000200. The SMILES string of the molecule is C[C@H]1CNC[C@@](C)(OC(=O)C(F)(F)F)N1C. The Morgan fingerprint density at radius 2 is 2.12 bits per heavy atom. The average Bonchev–Trinajstić information content (AvgIpc) is 2.12. The number of hydrogen-bond acceptors (Lipinski definition) is 4. The van der Waals surface area contributed by atoms with E-state index in [1.165, 1.54) is 6.92 Å². The molecule has 0 aromatic heterocycles. The van der Waals surface area contributed by atoms with Gasteiger partial charge in [0, 0.05) is 19.1 Å². The summed E-state index contributed by atoms with van der Waals surface area (Å²) in [5.41, 5.74) is -1.26. The van der Waals surface area contributed by atoms with Crippen LogP contribution in [0.1, 0.15) is 13.8 Å². The Hall–Kier alpha value is -0.820. The lowest BCUT2D eigenvalue weighted by Gasteiger charge is -2.45. The van der Waals surface area contributed by atoms with Crippen LogP contribution in [0.25, 0.3) is 0 Å². The van der Waals surface area contributed by atoms with Gasteiger partial charge in [0.05, 0.1) is 0 Å². The van der Waals surface area contributed by atoms with Gasteiger partial charge in [-0.25, -0.2) is 4.79 Å². The first-order valence-corrected chi connectivity index (χ1v) is 4.90. The number of esters is 1. The quantitative estimate of drug-likeness (QED) is 0.686. The number of nitrogens with one attached hydrogen (secondary N) is 1. The highest BCUT2D eigenvalue weighted by atomic mass is 19.4. The molecule has 1 N–H and O–H groups in total. The van der Waals surface area contributed by atoms with Gasteiger partial charge in [0.25, 0.3) is 0 Å². The molecule has 94 valence electrons. The molecule has 0 aliphatic carbocycles. The molecule has 0 saturated carbocycles. The molecule has 0 radical (unpaired) electrons. The highest BCUT2D eigenvalue weighted by Gasteiger charge is 2.47. The molecule has 0 aromatic carbocycles. The summed E-state index contributed by atoms with van der Waals surface area (Å²) in [6, 6.07) is -0.000200. The van der Waals surface area contributed by atoms with E-state index in [2.05, 4.69) is 10.1 Å². The van der Waals surface area contributed by atoms with Crippen LogP contribution in [0, 0.1) is 0 Å². The number of likely N-dealkylation sites (N-methyl/N-ethyl adjacent to an activating group) is 1. The molecule has 0 spiro atoms. The van der Waals surface area contributed by atoms with E-state index in [1.54, 1.807) is 11.9 Å². The molecule has 0 amide bonds. The molecule has 4 nitrogen and oxygen atoms in total. The van der Waals surface area contributed by atoms with Gasteiger partial charge < -0.3 is 10.1 Å². The zero-order valence-electron chi connectivity index (χ0n) is 9.39. The van der Waals surface area contributed by atoms with Crippen LogP contribution in [0.5, 0.6) is 0 Å². The maximum Gasteiger partial charge on any atom is 0.490 e. The van der Waals surface area contributed by atoms with Crippen molar-refractivity contribution in [2.24, 2.45) is 0 Å². The molecule has 1 aliphatic rings. The lowest BCUT2D eigenvalue weighted by Crippen LogP contribution is -2.64. The number of hydrogen-bond donors (Lipinski definition) is 1. The largest absolute Gasteiger partial charge is 0.490 e. The van der Waals surface area contributed by atoms with Gasteiger partial charge in [0.2, 0.25) is 0 Å². The van der Waals surface area contributed by atoms with Gasteiger partial charge in [-0.1, -0.05) is 0 Å². The standard InChI is InChI=1S/C9H15F3N2O2/c1-6-4-13-5-8(2,14(6)3)16-7(15)9(10,11)12/h6,13H,4-5H2,1-3H3/t6-,8+/m0/s1. The van der Waals surface area contributed by atoms with E-state index in [1.807, 2.05) is 6.92 Å². The number of ether oxygens (including phenoxy) is 1. The second kappa shape index (κ2) is 4.21. The molecule has 16 heavy (non-hydrogen) atoms. The highest BCUT2D eigenvalue weighted by Crippen LogP contribution is 2.25. The molecule has 0 unspecified atom stereocenters. The minimum atomic E-state index is -4.95. The fourth-order valence-electron chi connectivity index (χ4n) is 1.61. The Kier molecular flexibility index (Phi) is 3.49. The fourth-order valence-corrected chi connectivity index (χ4v) is 1.61. The number of halogens is 3. The molecule has 1 fully saturated rings. The van der Waals surface area contributed by atoms with E-state index in [0.717, 1.165) is 0 Å². The first-order chi connectivity index (χ1) is 7.17. The summed E-state index contributed by atoms with van der Waals surface area (Å²) < 4.78 is 40.8. The summed E-state index contributed by atoms with van der Waals surface area (Å²) in [4.78, 5) is 12.4. The van der Waals surface area contributed by atoms with Crippen LogP contribution < -0.4 is 5.32 Å². The van der Waals surface area contributed by atoms with Crippen molar-refractivity contribution in [3.05, 3.63) is 0 Å². The first-order valence-electron chi connectivity index (χ1n) is 4.90. The third kappa shape index (κ3) is 2.65. The van der Waals surface area contributed by atoms with Crippen LogP contribution in [0.2, 0.25) is 0 Å². The predicted molar refractivity (Wildman–Crippen MR) is 50.6 cm³/mol. The highest BCUT2D eigenvalue weighted by molar-refractivity contribution is 5.76. The van der Waals surface area contributed by atoms with Crippen LogP contribution in [0.3, 0.4) is 0 Å². The van der Waals surface area contributed by atoms with Gasteiger partial charge >= 0.3 is 12.1 Å². The normalized spacial score (nSPS) is 32.5. The molecule has 1 heterocycles. The summed E-state index contributed by atoms with van der Waals surface area (Å²) in [5, 5.41) is 2.93. The van der Waals surface area contributed by atoms with E-state index in [9.17, 15) is 18.0 Å². The second-order valence-electron chi connectivity index (χ2n) is 4.15. The molecule has 2 atom stereocenters. The van der Waals surface area contributed by atoms with Gasteiger partial charge in [0.15, 0.2) is 5.72 Å². The van der Waals surface area contributed by atoms with Crippen molar-refractivity contribution in [3.63, 3.8) is 0 Å². The van der Waals surface area contributed by atoms with Gasteiger partial charge in [-0.05, 0) is 20.9 Å². The summed E-state index contributed by atoms with van der Waals surface area (Å²) in [5.74, 6) is -2.15. The van der Waals surface area contributed by atoms with E-state index >= 15 is 0 Å². The monoisotopic (exact) mass is 240 g/mol. The van der Waals surface area contributed by atoms with Gasteiger partial charge in [-0.2, -0.15) is 13.2 Å². The maximum atomic E-state index is 12.1. The Morgan fingerprint density at radius 1 is 1.56 bits per heavy atom. The fraction of sp³-hybridized carbons (Fsp3) is 0.889. The van der Waals surface area contributed by atoms with Gasteiger partial charge in [-0.3, -0.25) is 4.90 Å². The Morgan fingerprint density at radius 3 is 2.62 bits per heavy atom. The van der Waals surface area contributed by atoms with Gasteiger partial charge in [-0.15, -0.1) is 0 Å². The number of carbonyl (C=O) groups is 1. The summed E-state index contributed by atoms with van der Waals surface area (Å²) >= 11 is 0. The summed E-state index contributed by atoms with van der Waals surface area (Å²) in [6.45, 7) is 4.12. The van der Waals surface area contributed by atoms with Crippen molar-refractivity contribution in [3.8, 4) is 0 Å². The second-order valence-corrected chi connectivity index (χ2v) is 4.15. The van der Waals surface area contributed by atoms with Crippen molar-refractivity contribution < 1.29 is 22.7 Å². The molecule has 1 aliphatic heterocycles. The Bertz CT molecular complexity index is 282. The zero-order chi connectivity index (χ0) is 12.6. The molecular formula is C9H15F3N2O2. The third-order valence-corrected chi connectivity index (χ3v) is 2.84. The van der Waals surface area contributed by atoms with Crippen molar-refractivity contribution in [2.45, 2.75) is 31.8 Å². The summed E-state index contributed by atoms with van der Waals surface area (Å²) in [7, 11) is 1.63. The molecule has 1 saturated heterocycles.